The number of hydrogen-bond donors (Lipinski definition) is 1. The van der Waals surface area contributed by atoms with Gasteiger partial charge in [-0.15, -0.1) is 0 Å². The first kappa shape index (κ1) is 19.1. The van der Waals surface area contributed by atoms with Crippen molar-refractivity contribution in [3.8, 4) is 0 Å². The Hall–Kier alpha value is -1.21. The first-order valence-corrected chi connectivity index (χ1v) is 10.4. The molecule has 0 saturated heterocycles. The molecule has 1 atom stereocenters. The third-order valence-corrected chi connectivity index (χ3v) is 5.56. The van der Waals surface area contributed by atoms with E-state index in [0.29, 0.717) is 6.61 Å². The minimum Gasteiger partial charge on any atom is -0.372 e. The van der Waals surface area contributed by atoms with Gasteiger partial charge in [-0.3, -0.25) is 0 Å². The highest BCUT2D eigenvalue weighted by Crippen LogP contribution is 2.18. The monoisotopic (exact) mass is 411 g/mol. The lowest BCUT2D eigenvalue weighted by atomic mass is 10.1. The number of benzene rings is 2. The van der Waals surface area contributed by atoms with Gasteiger partial charge in [-0.1, -0.05) is 64.0 Å². The van der Waals surface area contributed by atoms with E-state index in [1.165, 1.54) is 0 Å². The summed E-state index contributed by atoms with van der Waals surface area (Å²) in [5, 5.41) is 0.851. The summed E-state index contributed by atoms with van der Waals surface area (Å²) in [6.07, 6.45) is 0.555. The molecule has 2 aromatic rings. The van der Waals surface area contributed by atoms with Gasteiger partial charge in [0.05, 0.1) is 11.0 Å². The van der Waals surface area contributed by atoms with Crippen LogP contribution in [0, 0.1) is 6.92 Å². The van der Waals surface area contributed by atoms with Gasteiger partial charge in [0.15, 0.2) is 0 Å². The molecular formula is C18H22BrNO3S. The fraction of sp³-hybridized carbons (Fsp3) is 0.333. The largest absolute Gasteiger partial charge is 0.372 e. The standard InChI is InChI=1S/C18H22BrNO3S/c1-15-8-10-17(11-9-15)24(21,22)20-14-18(23-13-5-12-19)16-6-3-2-4-7-16/h2-4,6-11,18,20H,5,12-14H2,1H3/t18-/m1/s1. The Kier molecular flexibility index (Phi) is 7.42. The molecule has 4 nitrogen and oxygen atoms in total. The maximum Gasteiger partial charge on any atom is 0.240 e. The van der Waals surface area contributed by atoms with Crippen molar-refractivity contribution in [2.75, 3.05) is 18.5 Å². The molecule has 0 fully saturated rings. The van der Waals surface area contributed by atoms with E-state index in [1.807, 2.05) is 37.3 Å². The van der Waals surface area contributed by atoms with Gasteiger partial charge in [0.2, 0.25) is 10.0 Å². The summed E-state index contributed by atoms with van der Waals surface area (Å²) in [5.74, 6) is 0. The fourth-order valence-corrected chi connectivity index (χ4v) is 3.47. The molecule has 24 heavy (non-hydrogen) atoms. The number of aryl methyl sites for hydroxylation is 1. The van der Waals surface area contributed by atoms with Crippen molar-refractivity contribution in [2.24, 2.45) is 0 Å². The zero-order valence-corrected chi connectivity index (χ0v) is 16.0. The van der Waals surface area contributed by atoms with E-state index in [-0.39, 0.29) is 17.5 Å². The molecule has 0 aromatic heterocycles. The van der Waals surface area contributed by atoms with Crippen molar-refractivity contribution in [2.45, 2.75) is 24.3 Å². The van der Waals surface area contributed by atoms with Crippen LogP contribution in [0.5, 0.6) is 0 Å². The first-order chi connectivity index (χ1) is 11.5. The van der Waals surface area contributed by atoms with Gasteiger partial charge in [-0.25, -0.2) is 13.1 Å². The highest BCUT2D eigenvalue weighted by atomic mass is 79.9. The molecular weight excluding hydrogens is 390 g/mol. The van der Waals surface area contributed by atoms with Crippen molar-refractivity contribution in [1.29, 1.82) is 0 Å². The molecule has 0 aliphatic rings. The second kappa shape index (κ2) is 9.32. The van der Waals surface area contributed by atoms with Crippen molar-refractivity contribution >= 4 is 26.0 Å². The Morgan fingerprint density at radius 2 is 1.75 bits per heavy atom. The molecule has 2 rings (SSSR count). The predicted octanol–water partition coefficient (Wildman–Crippen LogP) is 3.82. The Morgan fingerprint density at radius 3 is 2.38 bits per heavy atom. The Balaban J connectivity index is 2.07. The average molecular weight is 412 g/mol. The van der Waals surface area contributed by atoms with E-state index in [2.05, 4.69) is 20.7 Å². The van der Waals surface area contributed by atoms with Crippen molar-refractivity contribution < 1.29 is 13.2 Å². The topological polar surface area (TPSA) is 55.4 Å². The maximum atomic E-state index is 12.4. The van der Waals surface area contributed by atoms with Gasteiger partial charge in [-0.05, 0) is 31.0 Å². The van der Waals surface area contributed by atoms with Gasteiger partial charge in [0.25, 0.3) is 0 Å². The zero-order chi connectivity index (χ0) is 17.4. The molecule has 1 N–H and O–H groups in total. The van der Waals surface area contributed by atoms with Crippen LogP contribution >= 0.6 is 15.9 Å². The molecule has 2 aromatic carbocycles. The Bertz CT molecular complexity index is 718. The molecule has 0 unspecified atom stereocenters. The number of halogens is 1. The molecule has 6 heteroatoms. The molecule has 0 aliphatic heterocycles. The van der Waals surface area contributed by atoms with Crippen molar-refractivity contribution in [3.05, 3.63) is 65.7 Å². The quantitative estimate of drug-likeness (QED) is 0.503. The third kappa shape index (κ3) is 5.70. The fourth-order valence-electron chi connectivity index (χ4n) is 2.21. The lowest BCUT2D eigenvalue weighted by Gasteiger charge is -2.19. The zero-order valence-electron chi connectivity index (χ0n) is 13.6. The van der Waals surface area contributed by atoms with E-state index < -0.39 is 10.0 Å². The number of rotatable bonds is 9. The van der Waals surface area contributed by atoms with Crippen molar-refractivity contribution in [1.82, 2.24) is 4.72 Å². The molecule has 0 saturated carbocycles. The van der Waals surface area contributed by atoms with Crippen LogP contribution in [0.1, 0.15) is 23.7 Å². The molecule has 130 valence electrons. The number of nitrogens with one attached hydrogen (secondary N) is 1. The number of ether oxygens (including phenoxy) is 1. The van der Waals surface area contributed by atoms with E-state index in [4.69, 9.17) is 4.74 Å². The van der Waals surface area contributed by atoms with Gasteiger partial charge in [-0.2, -0.15) is 0 Å². The molecule has 0 aliphatic carbocycles. The van der Waals surface area contributed by atoms with Crippen LogP contribution in [-0.4, -0.2) is 26.9 Å². The second-order valence-electron chi connectivity index (χ2n) is 5.48. The van der Waals surface area contributed by atoms with Crippen LogP contribution in [0.2, 0.25) is 0 Å². The SMILES string of the molecule is Cc1ccc(S(=O)(=O)NC[C@@H](OCCCBr)c2ccccc2)cc1. The summed E-state index contributed by atoms with van der Waals surface area (Å²) in [6, 6.07) is 16.5. The van der Waals surface area contributed by atoms with Gasteiger partial charge in [0, 0.05) is 18.5 Å². The van der Waals surface area contributed by atoms with Crippen LogP contribution in [0.15, 0.2) is 59.5 Å². The molecule has 0 bridgehead atoms. The summed E-state index contributed by atoms with van der Waals surface area (Å²) in [6.45, 7) is 2.69. The molecule has 0 spiro atoms. The number of sulfonamides is 1. The second-order valence-corrected chi connectivity index (χ2v) is 8.04. The summed E-state index contributed by atoms with van der Waals surface area (Å²) in [7, 11) is -3.55. The van der Waals surface area contributed by atoms with Crippen LogP contribution in [0.3, 0.4) is 0 Å². The first-order valence-electron chi connectivity index (χ1n) is 7.82. The lowest BCUT2D eigenvalue weighted by Crippen LogP contribution is -2.29. The smallest absolute Gasteiger partial charge is 0.240 e. The minimum absolute atomic E-state index is 0.197. The van der Waals surface area contributed by atoms with Crippen LogP contribution in [0.25, 0.3) is 0 Å². The predicted molar refractivity (Wildman–Crippen MR) is 99.9 cm³/mol. The van der Waals surface area contributed by atoms with Crippen LogP contribution < -0.4 is 4.72 Å². The van der Waals surface area contributed by atoms with Gasteiger partial charge >= 0.3 is 0 Å². The summed E-state index contributed by atoms with van der Waals surface area (Å²) in [5.41, 5.74) is 1.98. The maximum absolute atomic E-state index is 12.4. The molecule has 0 radical (unpaired) electrons. The van der Waals surface area contributed by atoms with E-state index in [9.17, 15) is 8.42 Å². The van der Waals surface area contributed by atoms with Crippen LogP contribution in [-0.2, 0) is 14.8 Å². The Morgan fingerprint density at radius 1 is 1.08 bits per heavy atom. The lowest BCUT2D eigenvalue weighted by molar-refractivity contribution is 0.0572. The van der Waals surface area contributed by atoms with Crippen LogP contribution in [0.4, 0.5) is 0 Å². The van der Waals surface area contributed by atoms with E-state index >= 15 is 0 Å². The average Bonchev–Trinajstić information content (AvgIpc) is 2.59. The van der Waals surface area contributed by atoms with Gasteiger partial charge in [0.1, 0.15) is 0 Å². The minimum atomic E-state index is -3.55. The third-order valence-electron chi connectivity index (χ3n) is 3.56. The molecule has 0 heterocycles. The highest BCUT2D eigenvalue weighted by Gasteiger charge is 2.18. The van der Waals surface area contributed by atoms with E-state index in [0.717, 1.165) is 22.9 Å². The highest BCUT2D eigenvalue weighted by molar-refractivity contribution is 9.09. The Labute approximate surface area is 152 Å². The van der Waals surface area contributed by atoms with Crippen molar-refractivity contribution in [3.63, 3.8) is 0 Å². The number of hydrogen-bond acceptors (Lipinski definition) is 3. The summed E-state index contributed by atoms with van der Waals surface area (Å²) in [4.78, 5) is 0.264. The normalized spacial score (nSPS) is 12.9. The summed E-state index contributed by atoms with van der Waals surface area (Å²) < 4.78 is 33.4. The summed E-state index contributed by atoms with van der Waals surface area (Å²) >= 11 is 3.37. The number of alkyl halides is 1. The molecule has 0 amide bonds. The van der Waals surface area contributed by atoms with E-state index in [1.54, 1.807) is 24.3 Å². The van der Waals surface area contributed by atoms with Gasteiger partial charge < -0.3 is 4.74 Å².